The third kappa shape index (κ3) is 15.6. The fourth-order valence-corrected chi connectivity index (χ4v) is 6.29. The van der Waals surface area contributed by atoms with Crippen LogP contribution in [0.3, 0.4) is 0 Å². The van der Waals surface area contributed by atoms with E-state index in [1.54, 1.807) is 38.1 Å². The topological polar surface area (TPSA) is 105 Å². The summed E-state index contributed by atoms with van der Waals surface area (Å²) < 4.78 is 76.2. The predicted molar refractivity (Wildman–Crippen MR) is 250 cm³/mol. The Morgan fingerprint density at radius 1 is 0.636 bits per heavy atom. The number of hydrogen-bond donors (Lipinski definition) is 0. The highest BCUT2D eigenvalue weighted by Crippen LogP contribution is 2.37. The molecular formula is C54H56F4O8. The Balaban J connectivity index is 0.000000269. The molecule has 1 aliphatic rings. The summed E-state index contributed by atoms with van der Waals surface area (Å²) in [5.74, 6) is -5.52. The Morgan fingerprint density at radius 2 is 1.23 bits per heavy atom. The van der Waals surface area contributed by atoms with Gasteiger partial charge in [-0.15, -0.1) is 0 Å². The molecule has 4 aromatic rings. The molecule has 3 unspecified atom stereocenters. The van der Waals surface area contributed by atoms with Crippen LogP contribution < -0.4 is 9.47 Å². The van der Waals surface area contributed by atoms with Crippen LogP contribution in [0.4, 0.5) is 17.6 Å². The number of esters is 4. The van der Waals surface area contributed by atoms with Gasteiger partial charge in [-0.05, 0) is 112 Å². The SMILES string of the molecule is C=C(C)C(=O)Oc1ccc(CCCC)c(F)c1F.C=Cc1ccc(-c2ccc(OC(=O)C(=C)C)cc2F)cc1.C=Cc1ccc(C2CCC(OC(=O)C(=C)C)C(OC(=O)C(=C)C)C2)cc1F. The summed E-state index contributed by atoms with van der Waals surface area (Å²) in [6.07, 6.45) is 5.75. The maximum absolute atomic E-state index is 14.1. The molecule has 1 aliphatic carbocycles. The van der Waals surface area contributed by atoms with E-state index in [0.29, 0.717) is 42.4 Å². The molecule has 5 rings (SSSR count). The van der Waals surface area contributed by atoms with E-state index in [1.807, 2.05) is 37.3 Å². The standard InChI is InChI=1S/C22H25FO4.C18H15FO2.C14H16F2O2/c1-6-15-7-8-16(11-18(15)23)17-9-10-19(26-21(24)13(2)3)20(12-17)27-22(25)14(4)5;1-4-13-5-7-14(8-6-13)16-10-9-15(11-17(16)19)21-18(20)12(2)3;1-4-5-6-10-7-8-11(13(16)12(10)15)18-14(17)9(2)3/h6-8,11,17,19-20H,1-2,4,9-10,12H2,3,5H3;4-11H,1-2H2,3H3;7-8H,2,4-6H2,1,3H3. The van der Waals surface area contributed by atoms with Crippen LogP contribution >= 0.6 is 0 Å². The fourth-order valence-electron chi connectivity index (χ4n) is 6.29. The first kappa shape index (κ1) is 53.3. The van der Waals surface area contributed by atoms with Crippen LogP contribution in [-0.4, -0.2) is 36.1 Å². The summed E-state index contributed by atoms with van der Waals surface area (Å²) in [5.41, 5.74) is 4.65. The number of carbonyl (C=O) groups is 4. The quantitative estimate of drug-likeness (QED) is 0.0503. The number of aryl methyl sites for hydroxylation is 1. The van der Waals surface area contributed by atoms with Gasteiger partial charge >= 0.3 is 23.9 Å². The monoisotopic (exact) mass is 908 g/mol. The molecule has 0 aliphatic heterocycles. The van der Waals surface area contributed by atoms with Crippen molar-refractivity contribution in [3.05, 3.63) is 180 Å². The third-order valence-corrected chi connectivity index (χ3v) is 10.1. The lowest BCUT2D eigenvalue weighted by Crippen LogP contribution is -2.40. The highest BCUT2D eigenvalue weighted by molar-refractivity contribution is 5.89. The Bertz CT molecular complexity index is 2490. The second kappa shape index (κ2) is 25.4. The van der Waals surface area contributed by atoms with Crippen LogP contribution in [-0.2, 0) is 35.1 Å². The summed E-state index contributed by atoms with van der Waals surface area (Å²) in [7, 11) is 0. The molecule has 4 aromatic carbocycles. The molecule has 8 nitrogen and oxygen atoms in total. The molecule has 3 atom stereocenters. The number of carbonyl (C=O) groups excluding carboxylic acids is 4. The van der Waals surface area contributed by atoms with Crippen LogP contribution in [0.15, 0.2) is 135 Å². The van der Waals surface area contributed by atoms with Crippen molar-refractivity contribution in [2.75, 3.05) is 0 Å². The Hall–Kier alpha value is -7.08. The van der Waals surface area contributed by atoms with Crippen molar-refractivity contribution in [2.24, 2.45) is 0 Å². The van der Waals surface area contributed by atoms with Gasteiger partial charge < -0.3 is 18.9 Å². The fraction of sp³-hybridized carbons (Fsp3) is 0.259. The number of ether oxygens (including phenoxy) is 4. The van der Waals surface area contributed by atoms with Gasteiger partial charge in [-0.3, -0.25) is 0 Å². The lowest BCUT2D eigenvalue weighted by Gasteiger charge is -2.35. The molecule has 0 spiro atoms. The second-order valence-corrected chi connectivity index (χ2v) is 15.7. The molecule has 0 N–H and O–H groups in total. The highest BCUT2D eigenvalue weighted by Gasteiger charge is 2.37. The van der Waals surface area contributed by atoms with Crippen molar-refractivity contribution in [3.8, 4) is 22.6 Å². The lowest BCUT2D eigenvalue weighted by molar-refractivity contribution is -0.167. The van der Waals surface area contributed by atoms with Crippen molar-refractivity contribution < 1.29 is 55.7 Å². The Kier molecular flexibility index (Phi) is 20.5. The van der Waals surface area contributed by atoms with Crippen LogP contribution in [0.2, 0.25) is 0 Å². The largest absolute Gasteiger partial charge is 0.455 e. The summed E-state index contributed by atoms with van der Waals surface area (Å²) in [6.45, 7) is 29.3. The van der Waals surface area contributed by atoms with Gasteiger partial charge in [0.05, 0.1) is 0 Å². The Morgan fingerprint density at radius 3 is 1.76 bits per heavy atom. The summed E-state index contributed by atoms with van der Waals surface area (Å²) in [4.78, 5) is 46.5. The average molecular weight is 909 g/mol. The summed E-state index contributed by atoms with van der Waals surface area (Å²) in [6, 6.07) is 19.4. The van der Waals surface area contributed by atoms with Crippen molar-refractivity contribution in [1.29, 1.82) is 0 Å². The number of unbranched alkanes of at least 4 members (excludes halogenated alkanes) is 1. The molecule has 0 saturated heterocycles. The van der Waals surface area contributed by atoms with Gasteiger partial charge in [-0.1, -0.05) is 107 Å². The van der Waals surface area contributed by atoms with E-state index >= 15 is 0 Å². The second-order valence-electron chi connectivity index (χ2n) is 15.7. The van der Waals surface area contributed by atoms with E-state index in [2.05, 4.69) is 39.5 Å². The number of halogens is 4. The van der Waals surface area contributed by atoms with E-state index in [1.165, 1.54) is 44.2 Å². The molecule has 0 bridgehead atoms. The lowest BCUT2D eigenvalue weighted by atomic mass is 9.80. The van der Waals surface area contributed by atoms with Crippen molar-refractivity contribution in [3.63, 3.8) is 0 Å². The zero-order valence-corrected chi connectivity index (χ0v) is 38.1. The summed E-state index contributed by atoms with van der Waals surface area (Å²) >= 11 is 0. The average Bonchev–Trinajstić information content (AvgIpc) is 3.28. The molecular weight excluding hydrogens is 853 g/mol. The van der Waals surface area contributed by atoms with E-state index in [0.717, 1.165) is 29.5 Å². The van der Waals surface area contributed by atoms with E-state index in [9.17, 15) is 36.7 Å². The van der Waals surface area contributed by atoms with Crippen LogP contribution in [0.5, 0.6) is 11.5 Å². The number of hydrogen-bond acceptors (Lipinski definition) is 8. The molecule has 0 amide bonds. The maximum atomic E-state index is 14.1. The minimum atomic E-state index is -1.13. The minimum absolute atomic E-state index is 0.0129. The van der Waals surface area contributed by atoms with Gasteiger partial charge in [0.15, 0.2) is 11.6 Å². The first-order valence-electron chi connectivity index (χ1n) is 21.1. The van der Waals surface area contributed by atoms with E-state index < -0.39 is 59.3 Å². The van der Waals surface area contributed by atoms with Gasteiger partial charge in [-0.25, -0.2) is 32.3 Å². The summed E-state index contributed by atoms with van der Waals surface area (Å²) in [5, 5.41) is 0. The molecule has 1 saturated carbocycles. The van der Waals surface area contributed by atoms with Crippen molar-refractivity contribution in [2.45, 2.75) is 91.3 Å². The first-order chi connectivity index (χ1) is 31.2. The molecule has 0 aromatic heterocycles. The van der Waals surface area contributed by atoms with Gasteiger partial charge in [0, 0.05) is 39.5 Å². The van der Waals surface area contributed by atoms with Gasteiger partial charge in [0.1, 0.15) is 29.6 Å². The molecule has 12 heteroatoms. The van der Waals surface area contributed by atoms with Gasteiger partial charge in [0.25, 0.3) is 0 Å². The van der Waals surface area contributed by atoms with Crippen LogP contribution in [0.25, 0.3) is 23.3 Å². The highest BCUT2D eigenvalue weighted by atomic mass is 19.2. The molecule has 66 heavy (non-hydrogen) atoms. The smallest absolute Gasteiger partial charge is 0.338 e. The maximum Gasteiger partial charge on any atom is 0.338 e. The van der Waals surface area contributed by atoms with Crippen molar-refractivity contribution in [1.82, 2.24) is 0 Å². The zero-order chi connectivity index (χ0) is 49.2. The Labute approximate surface area is 384 Å². The van der Waals surface area contributed by atoms with E-state index in [-0.39, 0.29) is 39.8 Å². The van der Waals surface area contributed by atoms with Gasteiger partial charge in [0.2, 0.25) is 5.82 Å². The normalized spacial score (nSPS) is 14.9. The number of benzene rings is 4. The minimum Gasteiger partial charge on any atom is -0.455 e. The number of rotatable bonds is 15. The van der Waals surface area contributed by atoms with E-state index in [4.69, 9.17) is 18.9 Å². The zero-order valence-electron chi connectivity index (χ0n) is 38.1. The predicted octanol–water partition coefficient (Wildman–Crippen LogP) is 13.1. The molecule has 1 fully saturated rings. The molecule has 348 valence electrons. The van der Waals surface area contributed by atoms with Gasteiger partial charge in [-0.2, -0.15) is 4.39 Å². The van der Waals surface area contributed by atoms with Crippen LogP contribution in [0, 0.1) is 23.3 Å². The molecule has 0 heterocycles. The molecule has 0 radical (unpaired) electrons. The third-order valence-electron chi connectivity index (χ3n) is 10.1. The van der Waals surface area contributed by atoms with Crippen molar-refractivity contribution >= 4 is 36.0 Å². The van der Waals surface area contributed by atoms with Crippen LogP contribution in [0.1, 0.15) is 94.9 Å². The first-order valence-corrected chi connectivity index (χ1v) is 21.1.